The van der Waals surface area contributed by atoms with Crippen LogP contribution in [0.15, 0.2) is 38.8 Å². The average Bonchev–Trinajstić information content (AvgIpc) is 3.02. The van der Waals surface area contributed by atoms with E-state index in [4.69, 9.17) is 4.42 Å². The number of aryl methyl sites for hydroxylation is 1. The summed E-state index contributed by atoms with van der Waals surface area (Å²) < 4.78 is 5.35. The minimum absolute atomic E-state index is 0.351. The molecule has 0 saturated heterocycles. The number of anilines is 2. The number of thioether (sulfide) groups is 1. The molecule has 1 aromatic carbocycles. The maximum atomic E-state index is 12.2. The van der Waals surface area contributed by atoms with Gasteiger partial charge in [0.05, 0.1) is 23.3 Å². The molecule has 0 spiro atoms. The van der Waals surface area contributed by atoms with Crippen LogP contribution in [-0.2, 0) is 5.75 Å². The molecule has 0 fully saturated rings. The quantitative estimate of drug-likeness (QED) is 0.559. The number of hydrogen-bond acceptors (Lipinski definition) is 8. The minimum atomic E-state index is -0.351. The SMILES string of the molecule is Cc1cccc2nc(CSc3ncnc4c3NCN4)oc(=O)c12. The van der Waals surface area contributed by atoms with E-state index in [0.29, 0.717) is 29.2 Å². The van der Waals surface area contributed by atoms with E-state index in [1.54, 1.807) is 0 Å². The Morgan fingerprint density at radius 1 is 1.30 bits per heavy atom. The van der Waals surface area contributed by atoms with Crippen LogP contribution in [-0.4, -0.2) is 21.6 Å². The van der Waals surface area contributed by atoms with Crippen LogP contribution in [0, 0.1) is 6.92 Å². The summed E-state index contributed by atoms with van der Waals surface area (Å²) in [7, 11) is 0. The van der Waals surface area contributed by atoms with E-state index in [2.05, 4.69) is 25.6 Å². The monoisotopic (exact) mass is 327 g/mol. The molecular formula is C15H13N5O2S. The molecule has 1 aliphatic rings. The third-order valence-electron chi connectivity index (χ3n) is 3.58. The van der Waals surface area contributed by atoms with Gasteiger partial charge in [0.2, 0.25) is 5.89 Å². The van der Waals surface area contributed by atoms with E-state index in [-0.39, 0.29) is 5.63 Å². The molecule has 8 heteroatoms. The van der Waals surface area contributed by atoms with Crippen molar-refractivity contribution in [2.24, 2.45) is 0 Å². The maximum absolute atomic E-state index is 12.2. The fraction of sp³-hybridized carbons (Fsp3) is 0.200. The van der Waals surface area contributed by atoms with Crippen molar-refractivity contribution in [1.29, 1.82) is 0 Å². The molecule has 7 nitrogen and oxygen atoms in total. The van der Waals surface area contributed by atoms with Crippen molar-refractivity contribution in [3.63, 3.8) is 0 Å². The number of nitrogens with one attached hydrogen (secondary N) is 2. The lowest BCUT2D eigenvalue weighted by Gasteiger charge is -2.05. The molecule has 0 aliphatic carbocycles. The topological polar surface area (TPSA) is 92.9 Å². The molecule has 2 N–H and O–H groups in total. The van der Waals surface area contributed by atoms with Crippen molar-refractivity contribution in [1.82, 2.24) is 15.0 Å². The summed E-state index contributed by atoms with van der Waals surface area (Å²) in [6.45, 7) is 2.50. The Hall–Kier alpha value is -2.61. The average molecular weight is 327 g/mol. The second kappa shape index (κ2) is 5.54. The molecule has 0 atom stereocenters. The summed E-state index contributed by atoms with van der Waals surface area (Å²) in [5.41, 5.74) is 2.05. The summed E-state index contributed by atoms with van der Waals surface area (Å²) in [6, 6.07) is 5.58. The molecule has 23 heavy (non-hydrogen) atoms. The fourth-order valence-corrected chi connectivity index (χ4v) is 3.33. The number of benzene rings is 1. The Morgan fingerprint density at radius 3 is 3.13 bits per heavy atom. The molecule has 0 saturated carbocycles. The largest absolute Gasteiger partial charge is 0.407 e. The van der Waals surface area contributed by atoms with Gasteiger partial charge in [-0.3, -0.25) is 0 Å². The highest BCUT2D eigenvalue weighted by Crippen LogP contribution is 2.34. The summed E-state index contributed by atoms with van der Waals surface area (Å²) in [5.74, 6) is 1.59. The highest BCUT2D eigenvalue weighted by atomic mass is 32.2. The predicted molar refractivity (Wildman–Crippen MR) is 88.7 cm³/mol. The van der Waals surface area contributed by atoms with E-state index >= 15 is 0 Å². The van der Waals surface area contributed by atoms with Gasteiger partial charge in [-0.1, -0.05) is 23.9 Å². The fourth-order valence-electron chi connectivity index (χ4n) is 2.51. The van der Waals surface area contributed by atoms with Gasteiger partial charge < -0.3 is 15.1 Å². The first kappa shape index (κ1) is 14.0. The van der Waals surface area contributed by atoms with E-state index in [1.807, 2.05) is 25.1 Å². The van der Waals surface area contributed by atoms with E-state index < -0.39 is 0 Å². The third-order valence-corrected chi connectivity index (χ3v) is 4.55. The smallest absolute Gasteiger partial charge is 0.347 e. The van der Waals surface area contributed by atoms with Crippen LogP contribution in [0.3, 0.4) is 0 Å². The van der Waals surface area contributed by atoms with Gasteiger partial charge >= 0.3 is 5.63 Å². The van der Waals surface area contributed by atoms with E-state index in [1.165, 1.54) is 18.1 Å². The van der Waals surface area contributed by atoms with E-state index in [9.17, 15) is 4.79 Å². The Kier molecular flexibility index (Phi) is 3.38. The first-order valence-corrected chi connectivity index (χ1v) is 8.06. The molecule has 3 aromatic rings. The van der Waals surface area contributed by atoms with Gasteiger partial charge in [-0.25, -0.2) is 19.7 Å². The molecule has 0 bridgehead atoms. The molecule has 3 heterocycles. The maximum Gasteiger partial charge on any atom is 0.347 e. The van der Waals surface area contributed by atoms with Gasteiger partial charge in [-0.05, 0) is 18.6 Å². The zero-order chi connectivity index (χ0) is 15.8. The number of fused-ring (bicyclic) bond motifs is 2. The van der Waals surface area contributed by atoms with Crippen molar-refractivity contribution in [2.45, 2.75) is 17.7 Å². The van der Waals surface area contributed by atoms with Crippen molar-refractivity contribution in [3.05, 3.63) is 46.4 Å². The van der Waals surface area contributed by atoms with Gasteiger partial charge in [-0.15, -0.1) is 0 Å². The molecule has 4 rings (SSSR count). The molecule has 0 radical (unpaired) electrons. The van der Waals surface area contributed by atoms with Crippen LogP contribution in [0.5, 0.6) is 0 Å². The van der Waals surface area contributed by atoms with Crippen molar-refractivity contribution in [3.8, 4) is 0 Å². The lowest BCUT2D eigenvalue weighted by atomic mass is 10.1. The van der Waals surface area contributed by atoms with Gasteiger partial charge in [0.15, 0.2) is 5.82 Å². The Morgan fingerprint density at radius 2 is 2.22 bits per heavy atom. The highest BCUT2D eigenvalue weighted by Gasteiger charge is 2.17. The van der Waals surface area contributed by atoms with Crippen LogP contribution in [0.2, 0.25) is 0 Å². The number of hydrogen-bond donors (Lipinski definition) is 2. The standard InChI is InChI=1S/C15H13N5O2S/c1-8-3-2-4-9-11(8)15(21)22-10(20-9)5-23-14-12-13(17-6-16-12)18-7-19-14/h2-4,7,16H,5-6H2,1H3,(H,17,18,19). The minimum Gasteiger partial charge on any atom is -0.407 e. The van der Waals surface area contributed by atoms with Crippen molar-refractivity contribution >= 4 is 34.2 Å². The first-order chi connectivity index (χ1) is 11.2. The Bertz CT molecular complexity index is 956. The molecule has 116 valence electrons. The second-order valence-corrected chi connectivity index (χ2v) is 6.05. The van der Waals surface area contributed by atoms with Crippen molar-refractivity contribution < 1.29 is 4.42 Å². The van der Waals surface area contributed by atoms with Gasteiger partial charge in [-0.2, -0.15) is 0 Å². The lowest BCUT2D eigenvalue weighted by molar-refractivity contribution is 0.463. The first-order valence-electron chi connectivity index (χ1n) is 7.07. The molecule has 1 aliphatic heterocycles. The highest BCUT2D eigenvalue weighted by molar-refractivity contribution is 7.98. The van der Waals surface area contributed by atoms with Gasteiger partial charge in [0, 0.05) is 0 Å². The summed E-state index contributed by atoms with van der Waals surface area (Å²) in [5, 5.41) is 7.63. The van der Waals surface area contributed by atoms with Crippen LogP contribution in [0.1, 0.15) is 11.5 Å². The normalized spacial score (nSPS) is 12.7. The zero-order valence-corrected chi connectivity index (χ0v) is 13.1. The van der Waals surface area contributed by atoms with Crippen LogP contribution in [0.25, 0.3) is 10.9 Å². The van der Waals surface area contributed by atoms with E-state index in [0.717, 1.165) is 22.1 Å². The van der Waals surface area contributed by atoms with Crippen LogP contribution >= 0.6 is 11.8 Å². The predicted octanol–water partition coefficient (Wildman–Crippen LogP) is 2.37. The summed E-state index contributed by atoms with van der Waals surface area (Å²) in [4.78, 5) is 25.0. The van der Waals surface area contributed by atoms with Crippen LogP contribution < -0.4 is 16.3 Å². The summed E-state index contributed by atoms with van der Waals surface area (Å²) >= 11 is 1.45. The molecular weight excluding hydrogens is 314 g/mol. The Balaban J connectivity index is 1.64. The van der Waals surface area contributed by atoms with Crippen molar-refractivity contribution in [2.75, 3.05) is 17.3 Å². The van der Waals surface area contributed by atoms with Gasteiger partial charge in [0.1, 0.15) is 17.0 Å². The third kappa shape index (κ3) is 2.50. The number of rotatable bonds is 3. The zero-order valence-electron chi connectivity index (χ0n) is 12.3. The van der Waals surface area contributed by atoms with Crippen LogP contribution in [0.4, 0.5) is 11.5 Å². The number of aromatic nitrogens is 3. The molecule has 0 unspecified atom stereocenters. The Labute approximate surface area is 135 Å². The van der Waals surface area contributed by atoms with Gasteiger partial charge in [0.25, 0.3) is 0 Å². The second-order valence-electron chi connectivity index (χ2n) is 5.09. The molecule has 2 aromatic heterocycles. The molecule has 0 amide bonds. The summed E-state index contributed by atoms with van der Waals surface area (Å²) in [6.07, 6.45) is 1.51. The number of nitrogens with zero attached hydrogens (tertiary/aromatic N) is 3. The lowest BCUT2D eigenvalue weighted by Crippen LogP contribution is -2.06.